The van der Waals surface area contributed by atoms with Crippen LogP contribution < -0.4 is 4.74 Å². The number of ether oxygens (including phenoxy) is 1. The fourth-order valence-corrected chi connectivity index (χ4v) is 2.11. The van der Waals surface area contributed by atoms with Gasteiger partial charge in [-0.05, 0) is 30.7 Å². The highest BCUT2D eigenvalue weighted by molar-refractivity contribution is 6.30. The maximum Gasteiger partial charge on any atom is 0.195 e. The Labute approximate surface area is 127 Å². The number of guanidine groups is 1. The molecule has 0 heterocycles. The van der Waals surface area contributed by atoms with Crippen LogP contribution >= 0.6 is 11.6 Å². The first kappa shape index (κ1) is 16.6. The fourth-order valence-electron chi connectivity index (χ4n) is 1.88. The van der Waals surface area contributed by atoms with Gasteiger partial charge in [0.1, 0.15) is 5.75 Å². The summed E-state index contributed by atoms with van der Waals surface area (Å²) >= 11 is 5.91. The van der Waals surface area contributed by atoms with Gasteiger partial charge in [0, 0.05) is 46.2 Å². The van der Waals surface area contributed by atoms with E-state index in [0.29, 0.717) is 6.61 Å². The van der Waals surface area contributed by atoms with E-state index in [1.807, 2.05) is 63.1 Å². The van der Waals surface area contributed by atoms with E-state index >= 15 is 0 Å². The molecule has 0 fully saturated rings. The van der Waals surface area contributed by atoms with E-state index in [-0.39, 0.29) is 0 Å². The van der Waals surface area contributed by atoms with Crippen molar-refractivity contribution in [2.45, 2.75) is 13.3 Å². The molecule has 0 saturated carbocycles. The van der Waals surface area contributed by atoms with Crippen LogP contribution in [0.2, 0.25) is 5.02 Å². The summed E-state index contributed by atoms with van der Waals surface area (Å²) in [5, 5.41) is 0.737. The van der Waals surface area contributed by atoms with Crippen LogP contribution in [0.3, 0.4) is 0 Å². The van der Waals surface area contributed by atoms with Crippen LogP contribution in [0.4, 0.5) is 0 Å². The zero-order chi connectivity index (χ0) is 15.1. The van der Waals surface area contributed by atoms with Gasteiger partial charge in [0.25, 0.3) is 0 Å². The average Bonchev–Trinajstić information content (AvgIpc) is 2.34. The van der Waals surface area contributed by atoms with Crippen LogP contribution in [-0.4, -0.2) is 57.1 Å². The molecule has 0 radical (unpaired) electrons. The number of nitrogens with zero attached hydrogens (tertiary/aromatic N) is 3. The Balaban J connectivity index is 2.40. The molecular formula is C15H24ClN3O. The summed E-state index contributed by atoms with van der Waals surface area (Å²) in [5.41, 5.74) is 1.06. The Hall–Kier alpha value is -1.42. The second kappa shape index (κ2) is 8.00. The first-order valence-electron chi connectivity index (χ1n) is 6.70. The molecule has 0 aliphatic heterocycles. The molecule has 0 aliphatic rings. The Morgan fingerprint density at radius 1 is 1.20 bits per heavy atom. The first-order valence-corrected chi connectivity index (χ1v) is 7.07. The quantitative estimate of drug-likeness (QED) is 0.475. The summed E-state index contributed by atoms with van der Waals surface area (Å²) in [4.78, 5) is 8.57. The third-order valence-corrected chi connectivity index (χ3v) is 2.99. The number of hydrogen-bond donors (Lipinski definition) is 0. The molecule has 0 bridgehead atoms. The third-order valence-electron chi connectivity index (χ3n) is 2.75. The minimum absolute atomic E-state index is 0.653. The van der Waals surface area contributed by atoms with E-state index in [4.69, 9.17) is 16.3 Å². The predicted octanol–water partition coefficient (Wildman–Crippen LogP) is 2.90. The molecule has 0 atom stereocenters. The summed E-state index contributed by atoms with van der Waals surface area (Å²) in [5.74, 6) is 1.85. The summed E-state index contributed by atoms with van der Waals surface area (Å²) in [6, 6.07) is 5.66. The van der Waals surface area contributed by atoms with Crippen LogP contribution in [0, 0.1) is 6.92 Å². The van der Waals surface area contributed by atoms with Gasteiger partial charge in [-0.15, -0.1) is 0 Å². The van der Waals surface area contributed by atoms with Gasteiger partial charge < -0.3 is 14.5 Å². The average molecular weight is 298 g/mol. The lowest BCUT2D eigenvalue weighted by Crippen LogP contribution is -2.35. The van der Waals surface area contributed by atoms with Crippen molar-refractivity contribution >= 4 is 17.6 Å². The van der Waals surface area contributed by atoms with E-state index in [1.54, 1.807) is 0 Å². The Kier molecular flexibility index (Phi) is 6.65. The lowest BCUT2D eigenvalue weighted by atomic mass is 10.2. The van der Waals surface area contributed by atoms with Gasteiger partial charge in [-0.1, -0.05) is 11.6 Å². The van der Waals surface area contributed by atoms with Gasteiger partial charge in [-0.25, -0.2) is 0 Å². The smallest absolute Gasteiger partial charge is 0.195 e. The summed E-state index contributed by atoms with van der Waals surface area (Å²) in [6.07, 6.45) is 0.882. The largest absolute Gasteiger partial charge is 0.493 e. The van der Waals surface area contributed by atoms with E-state index < -0.39 is 0 Å². The van der Waals surface area contributed by atoms with Gasteiger partial charge in [0.2, 0.25) is 0 Å². The van der Waals surface area contributed by atoms with Gasteiger partial charge in [0.05, 0.1) is 6.61 Å². The normalized spacial score (nSPS) is 10.1. The van der Waals surface area contributed by atoms with Crippen molar-refractivity contribution in [1.29, 1.82) is 0 Å². The molecule has 0 saturated heterocycles. The zero-order valence-corrected chi connectivity index (χ0v) is 13.7. The van der Waals surface area contributed by atoms with Crippen LogP contribution in [-0.2, 0) is 0 Å². The second-order valence-electron chi connectivity index (χ2n) is 5.08. The Morgan fingerprint density at radius 2 is 1.85 bits per heavy atom. The third kappa shape index (κ3) is 5.29. The number of benzene rings is 1. The van der Waals surface area contributed by atoms with Crippen molar-refractivity contribution in [3.8, 4) is 5.75 Å². The van der Waals surface area contributed by atoms with E-state index in [1.165, 1.54) is 0 Å². The molecule has 20 heavy (non-hydrogen) atoms. The van der Waals surface area contributed by atoms with E-state index in [9.17, 15) is 0 Å². The minimum atomic E-state index is 0.653. The fraction of sp³-hybridized carbons (Fsp3) is 0.533. The molecule has 1 rings (SSSR count). The van der Waals surface area contributed by atoms with Gasteiger partial charge in [0.15, 0.2) is 5.96 Å². The molecule has 5 heteroatoms. The molecule has 1 aromatic rings. The number of aliphatic imine (C=N–C) groups is 1. The highest BCUT2D eigenvalue weighted by atomic mass is 35.5. The summed E-state index contributed by atoms with van der Waals surface area (Å²) < 4.78 is 5.74. The summed E-state index contributed by atoms with van der Waals surface area (Å²) in [6.45, 7) is 3.40. The molecule has 0 amide bonds. The van der Waals surface area contributed by atoms with Crippen molar-refractivity contribution in [2.24, 2.45) is 4.99 Å². The molecule has 0 aromatic heterocycles. The second-order valence-corrected chi connectivity index (χ2v) is 5.52. The lowest BCUT2D eigenvalue weighted by molar-refractivity contribution is 0.311. The zero-order valence-electron chi connectivity index (χ0n) is 13.0. The predicted molar refractivity (Wildman–Crippen MR) is 86.0 cm³/mol. The molecule has 1 aromatic carbocycles. The maximum absolute atomic E-state index is 5.91. The standard InChI is InChI=1S/C15H24ClN3O/c1-12-11-13(16)7-8-14(12)20-10-6-9-17-15(18(2)3)19(4)5/h7-8,11H,6,9-10H2,1-5H3. The monoisotopic (exact) mass is 297 g/mol. The van der Waals surface area contributed by atoms with Gasteiger partial charge in [-0.3, -0.25) is 4.99 Å². The molecular weight excluding hydrogens is 274 g/mol. The number of rotatable bonds is 5. The first-order chi connectivity index (χ1) is 9.41. The molecule has 0 N–H and O–H groups in total. The molecule has 0 unspecified atom stereocenters. The molecule has 0 aliphatic carbocycles. The van der Waals surface area contributed by atoms with Crippen LogP contribution in [0.15, 0.2) is 23.2 Å². The number of hydrogen-bond acceptors (Lipinski definition) is 2. The minimum Gasteiger partial charge on any atom is -0.493 e. The van der Waals surface area contributed by atoms with Crippen LogP contribution in [0.5, 0.6) is 5.75 Å². The van der Waals surface area contributed by atoms with Crippen molar-refractivity contribution in [2.75, 3.05) is 41.3 Å². The molecule has 4 nitrogen and oxygen atoms in total. The van der Waals surface area contributed by atoms with Crippen molar-refractivity contribution in [3.05, 3.63) is 28.8 Å². The van der Waals surface area contributed by atoms with Gasteiger partial charge in [-0.2, -0.15) is 0 Å². The van der Waals surface area contributed by atoms with E-state index in [2.05, 4.69) is 4.99 Å². The highest BCUT2D eigenvalue weighted by Crippen LogP contribution is 2.21. The summed E-state index contributed by atoms with van der Waals surface area (Å²) in [7, 11) is 7.97. The Bertz CT molecular complexity index is 448. The van der Waals surface area contributed by atoms with Crippen LogP contribution in [0.25, 0.3) is 0 Å². The molecule has 112 valence electrons. The number of aryl methyl sites for hydroxylation is 1. The number of halogens is 1. The maximum atomic E-state index is 5.91. The van der Waals surface area contributed by atoms with Gasteiger partial charge >= 0.3 is 0 Å². The SMILES string of the molecule is Cc1cc(Cl)ccc1OCCCN=C(N(C)C)N(C)C. The topological polar surface area (TPSA) is 28.1 Å². The Morgan fingerprint density at radius 3 is 2.40 bits per heavy atom. The molecule has 0 spiro atoms. The van der Waals surface area contributed by atoms with Crippen molar-refractivity contribution < 1.29 is 4.74 Å². The van der Waals surface area contributed by atoms with Crippen molar-refractivity contribution in [1.82, 2.24) is 9.80 Å². The lowest BCUT2D eigenvalue weighted by Gasteiger charge is -2.22. The van der Waals surface area contributed by atoms with Crippen molar-refractivity contribution in [3.63, 3.8) is 0 Å². The highest BCUT2D eigenvalue weighted by Gasteiger charge is 2.03. The van der Waals surface area contributed by atoms with Crippen LogP contribution in [0.1, 0.15) is 12.0 Å². The van der Waals surface area contributed by atoms with E-state index in [0.717, 1.165) is 35.3 Å².